The Balaban J connectivity index is 2.21. The molecule has 0 bridgehead atoms. The SMILES string of the molecule is Cc1cc(C2c3c(F)c(F)c(F)c(F)c3-c3c(F)c(F)c(F)c(F)c32)cc(C(F)(F)F)c1. The average Bonchev–Trinajstić information content (AvgIpc) is 3.08. The highest BCUT2D eigenvalue weighted by atomic mass is 19.4. The van der Waals surface area contributed by atoms with Crippen LogP contribution in [0.15, 0.2) is 18.2 Å². The van der Waals surface area contributed by atoms with Crippen LogP contribution in [-0.4, -0.2) is 0 Å². The first-order valence-corrected chi connectivity index (χ1v) is 8.68. The lowest BCUT2D eigenvalue weighted by Gasteiger charge is -2.19. The maximum absolute atomic E-state index is 14.7. The van der Waals surface area contributed by atoms with Crippen LogP contribution in [-0.2, 0) is 6.18 Å². The zero-order valence-corrected chi connectivity index (χ0v) is 15.5. The summed E-state index contributed by atoms with van der Waals surface area (Å²) < 4.78 is 154. The van der Waals surface area contributed by atoms with Gasteiger partial charge in [-0.05, 0) is 24.6 Å². The lowest BCUT2D eigenvalue weighted by molar-refractivity contribution is -0.137. The predicted molar refractivity (Wildman–Crippen MR) is 88.7 cm³/mol. The maximum atomic E-state index is 14.7. The van der Waals surface area contributed by atoms with E-state index in [2.05, 4.69) is 0 Å². The van der Waals surface area contributed by atoms with Gasteiger partial charge in [0.05, 0.1) is 5.56 Å². The summed E-state index contributed by atoms with van der Waals surface area (Å²) in [5.41, 5.74) is -7.62. The summed E-state index contributed by atoms with van der Waals surface area (Å²) in [6.45, 7) is 1.15. The Hall–Kier alpha value is -3.11. The Morgan fingerprint density at radius 3 is 1.38 bits per heavy atom. The molecule has 11 heteroatoms. The molecular weight excluding hydrogens is 461 g/mol. The van der Waals surface area contributed by atoms with Crippen LogP contribution in [0.25, 0.3) is 11.1 Å². The molecule has 168 valence electrons. The second-order valence-corrected chi connectivity index (χ2v) is 7.15. The van der Waals surface area contributed by atoms with Crippen molar-refractivity contribution in [2.45, 2.75) is 19.0 Å². The minimum absolute atomic E-state index is 0.128. The molecule has 0 saturated carbocycles. The molecule has 0 heterocycles. The molecule has 0 fully saturated rings. The third-order valence-electron chi connectivity index (χ3n) is 5.19. The van der Waals surface area contributed by atoms with Crippen LogP contribution >= 0.6 is 0 Å². The van der Waals surface area contributed by atoms with Gasteiger partial charge in [-0.15, -0.1) is 0 Å². The molecule has 0 aliphatic heterocycles. The molecular formula is C21H7F11. The van der Waals surface area contributed by atoms with Gasteiger partial charge in [-0.25, -0.2) is 35.1 Å². The van der Waals surface area contributed by atoms with Crippen LogP contribution in [0.1, 0.15) is 33.7 Å². The van der Waals surface area contributed by atoms with E-state index in [0.717, 1.165) is 13.0 Å². The maximum Gasteiger partial charge on any atom is 0.416 e. The van der Waals surface area contributed by atoms with Crippen molar-refractivity contribution in [2.24, 2.45) is 0 Å². The largest absolute Gasteiger partial charge is 0.416 e. The zero-order chi connectivity index (χ0) is 23.9. The number of aryl methyl sites for hydroxylation is 1. The number of hydrogen-bond donors (Lipinski definition) is 0. The number of alkyl halides is 3. The molecule has 32 heavy (non-hydrogen) atoms. The quantitative estimate of drug-likeness (QED) is 0.156. The van der Waals surface area contributed by atoms with Gasteiger partial charge in [0.25, 0.3) is 0 Å². The summed E-state index contributed by atoms with van der Waals surface area (Å²) in [6.07, 6.45) is -4.97. The average molecular weight is 468 g/mol. The fraction of sp³-hybridized carbons (Fsp3) is 0.143. The summed E-state index contributed by atoms with van der Waals surface area (Å²) in [6, 6.07) is 1.93. The van der Waals surface area contributed by atoms with Gasteiger partial charge < -0.3 is 0 Å². The van der Waals surface area contributed by atoms with Gasteiger partial charge in [0.1, 0.15) is 0 Å². The van der Waals surface area contributed by atoms with E-state index in [1.807, 2.05) is 0 Å². The molecule has 0 amide bonds. The van der Waals surface area contributed by atoms with Crippen LogP contribution in [0.3, 0.4) is 0 Å². The molecule has 4 rings (SSSR count). The standard InChI is InChI=1S/C21H7F11/c1-5-2-6(4-7(3-5)21(30,31)32)8-9-11(15(24)19(28)17(26)13(9)22)12-10(8)14(23)18(27)20(29)16(12)25/h2-4,8H,1H3. The Morgan fingerprint density at radius 1 is 0.562 bits per heavy atom. The fourth-order valence-electron chi connectivity index (χ4n) is 3.95. The Kier molecular flexibility index (Phi) is 4.80. The summed E-state index contributed by atoms with van der Waals surface area (Å²) in [7, 11) is 0. The van der Waals surface area contributed by atoms with Crippen molar-refractivity contribution >= 4 is 0 Å². The van der Waals surface area contributed by atoms with Crippen LogP contribution in [0.5, 0.6) is 0 Å². The Bertz CT molecular complexity index is 1240. The van der Waals surface area contributed by atoms with E-state index in [0.29, 0.717) is 12.1 Å². The third kappa shape index (κ3) is 2.90. The van der Waals surface area contributed by atoms with Crippen molar-refractivity contribution in [2.75, 3.05) is 0 Å². The molecule has 0 aromatic heterocycles. The van der Waals surface area contributed by atoms with E-state index in [4.69, 9.17) is 0 Å². The molecule has 0 atom stereocenters. The predicted octanol–water partition coefficient (Wildman–Crippen LogP) is 7.29. The summed E-state index contributed by atoms with van der Waals surface area (Å²) in [5, 5.41) is 0. The number of fused-ring (bicyclic) bond motifs is 3. The van der Waals surface area contributed by atoms with Crippen LogP contribution in [0.2, 0.25) is 0 Å². The molecule has 1 aliphatic carbocycles. The number of hydrogen-bond acceptors (Lipinski definition) is 0. The number of rotatable bonds is 1. The molecule has 3 aromatic rings. The van der Waals surface area contributed by atoms with Gasteiger partial charge in [0, 0.05) is 28.2 Å². The van der Waals surface area contributed by atoms with E-state index in [1.54, 1.807) is 0 Å². The number of halogens is 11. The highest BCUT2D eigenvalue weighted by molar-refractivity contribution is 5.82. The van der Waals surface area contributed by atoms with Gasteiger partial charge in [-0.2, -0.15) is 13.2 Å². The zero-order valence-electron chi connectivity index (χ0n) is 15.5. The minimum atomic E-state index is -4.97. The van der Waals surface area contributed by atoms with Crippen LogP contribution < -0.4 is 0 Å². The monoisotopic (exact) mass is 468 g/mol. The van der Waals surface area contributed by atoms with E-state index in [-0.39, 0.29) is 5.56 Å². The first-order chi connectivity index (χ1) is 14.8. The van der Waals surface area contributed by atoms with Gasteiger partial charge in [0.15, 0.2) is 46.5 Å². The minimum Gasteiger partial charge on any atom is -0.203 e. The summed E-state index contributed by atoms with van der Waals surface area (Å²) in [4.78, 5) is 0. The smallest absolute Gasteiger partial charge is 0.203 e. The van der Waals surface area contributed by atoms with Gasteiger partial charge in [-0.3, -0.25) is 0 Å². The fourth-order valence-corrected chi connectivity index (χ4v) is 3.95. The third-order valence-corrected chi connectivity index (χ3v) is 5.19. The second kappa shape index (κ2) is 6.94. The highest BCUT2D eigenvalue weighted by Gasteiger charge is 2.45. The van der Waals surface area contributed by atoms with Gasteiger partial charge >= 0.3 is 6.18 Å². The highest BCUT2D eigenvalue weighted by Crippen LogP contribution is 2.54. The summed E-state index contributed by atoms with van der Waals surface area (Å²) in [5.74, 6) is -20.8. The lowest BCUT2D eigenvalue weighted by atomic mass is 9.86. The van der Waals surface area contributed by atoms with Crippen molar-refractivity contribution in [3.63, 3.8) is 0 Å². The topological polar surface area (TPSA) is 0 Å². The van der Waals surface area contributed by atoms with E-state index < -0.39 is 92.0 Å². The van der Waals surface area contributed by atoms with E-state index in [9.17, 15) is 48.3 Å². The van der Waals surface area contributed by atoms with Gasteiger partial charge in [-0.1, -0.05) is 11.6 Å². The first kappa shape index (κ1) is 22.1. The molecule has 0 spiro atoms. The molecule has 1 aliphatic rings. The molecule has 3 aromatic carbocycles. The summed E-state index contributed by atoms with van der Waals surface area (Å²) >= 11 is 0. The van der Waals surface area contributed by atoms with Crippen molar-refractivity contribution in [1.29, 1.82) is 0 Å². The van der Waals surface area contributed by atoms with Crippen molar-refractivity contribution in [3.05, 3.63) is 92.6 Å². The molecule has 0 unspecified atom stereocenters. The van der Waals surface area contributed by atoms with E-state index in [1.165, 1.54) is 0 Å². The Morgan fingerprint density at radius 2 is 0.969 bits per heavy atom. The molecule has 0 nitrogen and oxygen atoms in total. The van der Waals surface area contributed by atoms with Crippen LogP contribution in [0.4, 0.5) is 48.3 Å². The molecule has 0 N–H and O–H groups in total. The lowest BCUT2D eigenvalue weighted by Crippen LogP contribution is -2.12. The Labute approximate surface area is 171 Å². The van der Waals surface area contributed by atoms with Crippen molar-refractivity contribution in [3.8, 4) is 11.1 Å². The second-order valence-electron chi connectivity index (χ2n) is 7.15. The normalized spacial score (nSPS) is 13.5. The molecule has 0 saturated heterocycles. The number of benzene rings is 3. The van der Waals surface area contributed by atoms with Crippen molar-refractivity contribution < 1.29 is 48.3 Å². The van der Waals surface area contributed by atoms with Gasteiger partial charge in [0.2, 0.25) is 0 Å². The van der Waals surface area contributed by atoms with Crippen molar-refractivity contribution in [1.82, 2.24) is 0 Å². The molecule has 0 radical (unpaired) electrons. The van der Waals surface area contributed by atoms with Crippen LogP contribution in [0, 0.1) is 53.5 Å². The van der Waals surface area contributed by atoms with E-state index >= 15 is 0 Å². The first-order valence-electron chi connectivity index (χ1n) is 8.68.